The lowest BCUT2D eigenvalue weighted by molar-refractivity contribution is 0.279. The van der Waals surface area contributed by atoms with Gasteiger partial charge >= 0.3 is 0 Å². The van der Waals surface area contributed by atoms with Crippen LogP contribution in [0.25, 0.3) is 0 Å². The van der Waals surface area contributed by atoms with Gasteiger partial charge in [0.05, 0.1) is 6.54 Å². The minimum atomic E-state index is -0.658. The van der Waals surface area contributed by atoms with Gasteiger partial charge in [-0.1, -0.05) is 11.8 Å². The summed E-state index contributed by atoms with van der Waals surface area (Å²) >= 11 is 0. The summed E-state index contributed by atoms with van der Waals surface area (Å²) in [6.45, 7) is 1.62. The van der Waals surface area contributed by atoms with Crippen LogP contribution in [0.1, 0.15) is 19.3 Å². The Morgan fingerprint density at radius 3 is 2.67 bits per heavy atom. The summed E-state index contributed by atoms with van der Waals surface area (Å²) < 4.78 is 31.2. The Morgan fingerprint density at radius 2 is 2.00 bits per heavy atom. The third kappa shape index (κ3) is 6.56. The molecule has 21 heavy (non-hydrogen) atoms. The van der Waals surface area contributed by atoms with Gasteiger partial charge in [-0.05, 0) is 25.8 Å². The summed E-state index contributed by atoms with van der Waals surface area (Å²) in [6, 6.07) is 2.89. The zero-order valence-electron chi connectivity index (χ0n) is 11.9. The van der Waals surface area contributed by atoms with Crippen molar-refractivity contribution < 1.29 is 13.5 Å². The fourth-order valence-electron chi connectivity index (χ4n) is 1.76. The maximum Gasteiger partial charge on any atom is 0.129 e. The molecule has 0 aliphatic heterocycles. The number of nitrogens with two attached hydrogens (primary N) is 1. The van der Waals surface area contributed by atoms with Crippen LogP contribution in [0.4, 0.5) is 8.78 Å². The molecule has 0 radical (unpaired) electrons. The van der Waals surface area contributed by atoms with Crippen LogP contribution < -0.4 is 15.8 Å². The number of ether oxygens (including phenoxy) is 1. The molecule has 114 valence electrons. The third-order valence-electron chi connectivity index (χ3n) is 3.09. The molecule has 1 unspecified atom stereocenters. The molecule has 0 heterocycles. The number of benzene rings is 1. The van der Waals surface area contributed by atoms with E-state index in [1.165, 1.54) is 12.8 Å². The number of hydrogen-bond donors (Lipinski definition) is 2. The van der Waals surface area contributed by atoms with Gasteiger partial charge < -0.3 is 15.8 Å². The van der Waals surface area contributed by atoms with Gasteiger partial charge in [-0.3, -0.25) is 0 Å². The minimum Gasteiger partial charge on any atom is -0.492 e. The molecule has 3 nitrogen and oxygen atoms in total. The van der Waals surface area contributed by atoms with E-state index in [4.69, 9.17) is 10.5 Å². The average Bonchev–Trinajstić information content (AvgIpc) is 3.23. The fraction of sp³-hybridized carbons (Fsp3) is 0.500. The van der Waals surface area contributed by atoms with Crippen molar-refractivity contribution in [1.82, 2.24) is 5.32 Å². The first-order valence-corrected chi connectivity index (χ1v) is 7.17. The van der Waals surface area contributed by atoms with E-state index in [0.29, 0.717) is 18.9 Å². The van der Waals surface area contributed by atoms with Crippen LogP contribution in [0.3, 0.4) is 0 Å². The Hall–Kier alpha value is -1.64. The molecular weight excluding hydrogens is 274 g/mol. The van der Waals surface area contributed by atoms with Crippen LogP contribution in [0.15, 0.2) is 18.2 Å². The smallest absolute Gasteiger partial charge is 0.129 e. The third-order valence-corrected chi connectivity index (χ3v) is 3.09. The molecule has 1 aliphatic carbocycles. The Labute approximate surface area is 123 Å². The van der Waals surface area contributed by atoms with Crippen molar-refractivity contribution in [2.75, 3.05) is 19.7 Å². The highest BCUT2D eigenvalue weighted by Gasteiger charge is 2.17. The van der Waals surface area contributed by atoms with Gasteiger partial charge in [-0.2, -0.15) is 0 Å². The molecule has 1 aromatic rings. The van der Waals surface area contributed by atoms with Gasteiger partial charge in [-0.15, -0.1) is 0 Å². The zero-order chi connectivity index (χ0) is 15.1. The molecule has 1 aliphatic rings. The van der Waals surface area contributed by atoms with Gasteiger partial charge in [-0.25, -0.2) is 8.78 Å². The van der Waals surface area contributed by atoms with E-state index in [1.54, 1.807) is 0 Å². The monoisotopic (exact) mass is 294 g/mol. The molecule has 0 bridgehead atoms. The maximum absolute atomic E-state index is 13.0. The van der Waals surface area contributed by atoms with Gasteiger partial charge in [0.25, 0.3) is 0 Å². The van der Waals surface area contributed by atoms with Crippen molar-refractivity contribution in [2.45, 2.75) is 25.3 Å². The van der Waals surface area contributed by atoms with Crippen LogP contribution in [0, 0.1) is 29.4 Å². The molecule has 1 aromatic carbocycles. The van der Waals surface area contributed by atoms with E-state index in [-0.39, 0.29) is 18.4 Å². The topological polar surface area (TPSA) is 47.3 Å². The normalized spacial score (nSPS) is 15.2. The molecule has 3 N–H and O–H groups in total. The maximum atomic E-state index is 13.0. The molecule has 0 aromatic heterocycles. The minimum absolute atomic E-state index is 0.159. The quantitative estimate of drug-likeness (QED) is 0.598. The lowest BCUT2D eigenvalue weighted by Gasteiger charge is -2.13. The average molecular weight is 294 g/mol. The van der Waals surface area contributed by atoms with Crippen LogP contribution in [0.2, 0.25) is 0 Å². The van der Waals surface area contributed by atoms with E-state index in [2.05, 4.69) is 17.2 Å². The van der Waals surface area contributed by atoms with Crippen molar-refractivity contribution in [2.24, 2.45) is 11.7 Å². The summed E-state index contributed by atoms with van der Waals surface area (Å²) in [5.74, 6) is 5.70. The van der Waals surface area contributed by atoms with Gasteiger partial charge in [0.2, 0.25) is 0 Å². The Balaban J connectivity index is 1.58. The number of hydrogen-bond acceptors (Lipinski definition) is 3. The van der Waals surface area contributed by atoms with Crippen molar-refractivity contribution >= 4 is 0 Å². The predicted octanol–water partition coefficient (Wildman–Crippen LogP) is 2.06. The summed E-state index contributed by atoms with van der Waals surface area (Å²) in [6.07, 6.45) is 3.18. The summed E-state index contributed by atoms with van der Waals surface area (Å²) in [7, 11) is 0. The molecule has 1 atom stereocenters. The van der Waals surface area contributed by atoms with E-state index in [1.807, 2.05) is 0 Å². The summed E-state index contributed by atoms with van der Waals surface area (Å²) in [4.78, 5) is 0. The first kappa shape index (κ1) is 15.7. The molecule has 1 fully saturated rings. The SMILES string of the molecule is NC(CCNCC#CC1CC1)COc1cc(F)cc(F)c1. The Kier molecular flexibility index (Phi) is 5.97. The standard InChI is InChI=1S/C16H20F2N2O/c17-13-8-14(18)10-16(9-13)21-11-15(19)5-7-20-6-1-2-12-3-4-12/h8-10,12,15,20H,3-7,11,19H2. The number of rotatable bonds is 7. The van der Waals surface area contributed by atoms with Crippen molar-refractivity contribution in [3.8, 4) is 17.6 Å². The second-order valence-corrected chi connectivity index (χ2v) is 5.24. The van der Waals surface area contributed by atoms with Crippen LogP contribution >= 0.6 is 0 Å². The second-order valence-electron chi connectivity index (χ2n) is 5.24. The van der Waals surface area contributed by atoms with E-state index in [9.17, 15) is 8.78 Å². The van der Waals surface area contributed by atoms with Crippen molar-refractivity contribution in [1.29, 1.82) is 0 Å². The largest absolute Gasteiger partial charge is 0.492 e. The number of nitrogens with one attached hydrogen (secondary N) is 1. The highest BCUT2D eigenvalue weighted by atomic mass is 19.1. The highest BCUT2D eigenvalue weighted by molar-refractivity contribution is 5.23. The Bertz CT molecular complexity index is 500. The fourth-order valence-corrected chi connectivity index (χ4v) is 1.76. The van der Waals surface area contributed by atoms with Gasteiger partial charge in [0.15, 0.2) is 0 Å². The molecule has 0 saturated heterocycles. The molecule has 5 heteroatoms. The van der Waals surface area contributed by atoms with Crippen molar-refractivity contribution in [3.05, 3.63) is 29.8 Å². The van der Waals surface area contributed by atoms with Crippen molar-refractivity contribution in [3.63, 3.8) is 0 Å². The molecular formula is C16H20F2N2O. The summed E-state index contributed by atoms with van der Waals surface area (Å²) in [5, 5.41) is 3.19. The van der Waals surface area contributed by atoms with Crippen LogP contribution in [-0.2, 0) is 0 Å². The first-order valence-electron chi connectivity index (χ1n) is 7.17. The zero-order valence-corrected chi connectivity index (χ0v) is 11.9. The van der Waals surface area contributed by atoms with Gasteiger partial charge in [0, 0.05) is 30.2 Å². The number of halogens is 2. The van der Waals surface area contributed by atoms with Crippen LogP contribution in [0.5, 0.6) is 5.75 Å². The molecule has 2 rings (SSSR count). The van der Waals surface area contributed by atoms with E-state index < -0.39 is 11.6 Å². The van der Waals surface area contributed by atoms with E-state index in [0.717, 1.165) is 24.7 Å². The van der Waals surface area contributed by atoms with Gasteiger partial charge in [0.1, 0.15) is 24.0 Å². The second kappa shape index (κ2) is 7.96. The van der Waals surface area contributed by atoms with Crippen LogP contribution in [-0.4, -0.2) is 25.7 Å². The first-order chi connectivity index (χ1) is 10.1. The molecule has 1 saturated carbocycles. The molecule has 0 amide bonds. The highest BCUT2D eigenvalue weighted by Crippen LogP contribution is 2.27. The predicted molar refractivity (Wildman–Crippen MR) is 77.8 cm³/mol. The Morgan fingerprint density at radius 1 is 1.29 bits per heavy atom. The van der Waals surface area contributed by atoms with E-state index >= 15 is 0 Å². The lowest BCUT2D eigenvalue weighted by Crippen LogP contribution is -2.32. The molecule has 0 spiro atoms. The lowest BCUT2D eigenvalue weighted by atomic mass is 10.2. The summed E-state index contributed by atoms with van der Waals surface area (Å²) in [5.41, 5.74) is 5.88.